The average Bonchev–Trinajstić information content (AvgIpc) is 2.61. The third kappa shape index (κ3) is 5.21. The van der Waals surface area contributed by atoms with Gasteiger partial charge in [-0.15, -0.1) is 12.4 Å². The Morgan fingerprint density at radius 1 is 1.27 bits per heavy atom. The van der Waals surface area contributed by atoms with Gasteiger partial charge >= 0.3 is 5.69 Å². The molecule has 1 aliphatic heterocycles. The summed E-state index contributed by atoms with van der Waals surface area (Å²) in [6, 6.07) is 15.0. The highest BCUT2D eigenvalue weighted by atomic mass is 35.5. The SMILES string of the molecule is Cc1ccc([N+](=O)[O-])c(OC=C2CN(Cc3ccccc3)CCO2)c1.Cl. The summed E-state index contributed by atoms with van der Waals surface area (Å²) in [6.45, 7) is 4.69. The highest BCUT2D eigenvalue weighted by Gasteiger charge is 2.18. The van der Waals surface area contributed by atoms with Gasteiger partial charge in [0.1, 0.15) is 18.6 Å². The third-order valence-corrected chi connectivity index (χ3v) is 3.95. The molecule has 1 aliphatic rings. The van der Waals surface area contributed by atoms with E-state index in [1.165, 1.54) is 17.9 Å². The monoisotopic (exact) mass is 376 g/mol. The van der Waals surface area contributed by atoms with Crippen molar-refractivity contribution in [3.63, 3.8) is 0 Å². The summed E-state index contributed by atoms with van der Waals surface area (Å²) in [6.07, 6.45) is 1.47. The number of hydrogen-bond donors (Lipinski definition) is 0. The molecule has 1 saturated heterocycles. The fraction of sp³-hybridized carbons (Fsp3) is 0.263. The zero-order valence-electron chi connectivity index (χ0n) is 14.5. The van der Waals surface area contributed by atoms with Gasteiger partial charge in [0.25, 0.3) is 0 Å². The van der Waals surface area contributed by atoms with Gasteiger partial charge in [0.05, 0.1) is 11.5 Å². The number of ether oxygens (including phenoxy) is 2. The van der Waals surface area contributed by atoms with Crippen LogP contribution in [0.1, 0.15) is 11.1 Å². The maximum Gasteiger partial charge on any atom is 0.311 e. The molecule has 0 spiro atoms. The number of nitrogens with zero attached hydrogens (tertiary/aromatic N) is 2. The molecule has 0 saturated carbocycles. The van der Waals surface area contributed by atoms with Crippen LogP contribution in [0, 0.1) is 17.0 Å². The maximum atomic E-state index is 11.1. The molecule has 7 heteroatoms. The standard InChI is InChI=1S/C19H20N2O4.ClH/c1-15-7-8-18(21(22)23)19(11-15)25-14-17-13-20(9-10-24-17)12-16-5-3-2-4-6-16;/h2-8,11,14H,9-10,12-13H2,1H3;1H. The molecule has 0 radical (unpaired) electrons. The molecule has 2 aromatic carbocycles. The first-order valence-electron chi connectivity index (χ1n) is 8.11. The molecule has 0 unspecified atom stereocenters. The number of aryl methyl sites for hydroxylation is 1. The Kier molecular flexibility index (Phi) is 7.00. The van der Waals surface area contributed by atoms with Crippen LogP contribution in [0.15, 0.2) is 60.6 Å². The lowest BCUT2D eigenvalue weighted by atomic mass is 10.2. The van der Waals surface area contributed by atoms with Crippen LogP contribution in [0.25, 0.3) is 0 Å². The van der Waals surface area contributed by atoms with Crippen molar-refractivity contribution in [3.8, 4) is 5.75 Å². The van der Waals surface area contributed by atoms with Crippen LogP contribution < -0.4 is 4.74 Å². The third-order valence-electron chi connectivity index (χ3n) is 3.95. The lowest BCUT2D eigenvalue weighted by Gasteiger charge is -2.28. The number of morpholine rings is 1. The molecule has 0 bridgehead atoms. The van der Waals surface area contributed by atoms with Gasteiger partial charge in [0.15, 0.2) is 0 Å². The summed E-state index contributed by atoms with van der Waals surface area (Å²) in [5.74, 6) is 0.888. The van der Waals surface area contributed by atoms with E-state index in [2.05, 4.69) is 17.0 Å². The van der Waals surface area contributed by atoms with Crippen molar-refractivity contribution in [2.75, 3.05) is 19.7 Å². The molecule has 0 N–H and O–H groups in total. The van der Waals surface area contributed by atoms with Gasteiger partial charge in [0.2, 0.25) is 5.75 Å². The van der Waals surface area contributed by atoms with Crippen molar-refractivity contribution >= 4 is 18.1 Å². The number of hydrogen-bond acceptors (Lipinski definition) is 5. The van der Waals surface area contributed by atoms with Gasteiger partial charge in [0, 0.05) is 19.2 Å². The van der Waals surface area contributed by atoms with E-state index in [0.717, 1.165) is 18.7 Å². The normalized spacial score (nSPS) is 15.8. The molecule has 3 rings (SSSR count). The second kappa shape index (κ2) is 9.22. The minimum atomic E-state index is -0.448. The van der Waals surface area contributed by atoms with Crippen molar-refractivity contribution in [2.45, 2.75) is 13.5 Å². The van der Waals surface area contributed by atoms with Crippen LogP contribution in [0.3, 0.4) is 0 Å². The molecule has 0 atom stereocenters. The topological polar surface area (TPSA) is 64.8 Å². The van der Waals surface area contributed by atoms with Crippen molar-refractivity contribution in [2.24, 2.45) is 0 Å². The zero-order valence-corrected chi connectivity index (χ0v) is 15.3. The van der Waals surface area contributed by atoms with Crippen LogP contribution in [0.4, 0.5) is 5.69 Å². The average molecular weight is 377 g/mol. The summed E-state index contributed by atoms with van der Waals surface area (Å²) in [4.78, 5) is 12.9. The molecular formula is C19H21ClN2O4. The van der Waals surface area contributed by atoms with E-state index in [4.69, 9.17) is 9.47 Å². The minimum absolute atomic E-state index is 0. The Balaban J connectivity index is 0.00000243. The molecule has 26 heavy (non-hydrogen) atoms. The van der Waals surface area contributed by atoms with Gasteiger partial charge in [-0.2, -0.15) is 0 Å². The smallest absolute Gasteiger partial charge is 0.311 e. The summed E-state index contributed by atoms with van der Waals surface area (Å²) >= 11 is 0. The van der Waals surface area contributed by atoms with Crippen molar-refractivity contribution < 1.29 is 14.4 Å². The number of benzene rings is 2. The molecule has 1 fully saturated rings. The van der Waals surface area contributed by atoms with Crippen molar-refractivity contribution in [1.29, 1.82) is 0 Å². The number of rotatable bonds is 5. The second-order valence-corrected chi connectivity index (χ2v) is 5.98. The van der Waals surface area contributed by atoms with E-state index in [-0.39, 0.29) is 23.8 Å². The Labute approximate surface area is 158 Å². The van der Waals surface area contributed by atoms with Gasteiger partial charge in [-0.1, -0.05) is 36.4 Å². The predicted octanol–water partition coefficient (Wildman–Crippen LogP) is 4.08. The highest BCUT2D eigenvalue weighted by molar-refractivity contribution is 5.85. The molecule has 2 aromatic rings. The quantitative estimate of drug-likeness (QED) is 0.447. The van der Waals surface area contributed by atoms with Crippen LogP contribution in [-0.2, 0) is 11.3 Å². The lowest BCUT2D eigenvalue weighted by Crippen LogP contribution is -2.34. The lowest BCUT2D eigenvalue weighted by molar-refractivity contribution is -0.385. The van der Waals surface area contributed by atoms with E-state index in [0.29, 0.717) is 18.9 Å². The first-order chi connectivity index (χ1) is 12.1. The Morgan fingerprint density at radius 3 is 2.77 bits per heavy atom. The summed E-state index contributed by atoms with van der Waals surface area (Å²) < 4.78 is 11.2. The largest absolute Gasteiger partial charge is 0.492 e. The fourth-order valence-electron chi connectivity index (χ4n) is 2.69. The molecule has 138 valence electrons. The van der Waals surface area contributed by atoms with E-state index in [1.807, 2.05) is 25.1 Å². The number of nitro groups is 1. The zero-order chi connectivity index (χ0) is 17.6. The number of halogens is 1. The summed E-state index contributed by atoms with van der Waals surface area (Å²) in [5.41, 5.74) is 2.08. The van der Waals surface area contributed by atoms with Gasteiger partial charge in [-0.3, -0.25) is 15.0 Å². The van der Waals surface area contributed by atoms with Crippen LogP contribution in [0.2, 0.25) is 0 Å². The van der Waals surface area contributed by atoms with Gasteiger partial charge in [-0.25, -0.2) is 0 Å². The van der Waals surface area contributed by atoms with Crippen LogP contribution >= 0.6 is 12.4 Å². The fourth-order valence-corrected chi connectivity index (χ4v) is 2.69. The van der Waals surface area contributed by atoms with E-state index in [9.17, 15) is 10.1 Å². The first kappa shape index (κ1) is 19.8. The van der Waals surface area contributed by atoms with E-state index >= 15 is 0 Å². The molecule has 1 heterocycles. The molecule has 0 aliphatic carbocycles. The van der Waals surface area contributed by atoms with E-state index in [1.54, 1.807) is 12.1 Å². The van der Waals surface area contributed by atoms with Crippen molar-refractivity contribution in [1.82, 2.24) is 4.90 Å². The molecule has 0 aromatic heterocycles. The summed E-state index contributed by atoms with van der Waals surface area (Å²) in [5, 5.41) is 11.1. The van der Waals surface area contributed by atoms with Crippen LogP contribution in [-0.4, -0.2) is 29.5 Å². The van der Waals surface area contributed by atoms with Crippen LogP contribution in [0.5, 0.6) is 5.75 Å². The number of nitro benzene ring substituents is 1. The van der Waals surface area contributed by atoms with Gasteiger partial charge in [-0.05, 0) is 24.1 Å². The Morgan fingerprint density at radius 2 is 2.04 bits per heavy atom. The highest BCUT2D eigenvalue weighted by Crippen LogP contribution is 2.28. The van der Waals surface area contributed by atoms with E-state index < -0.39 is 4.92 Å². The Hall–Kier alpha value is -2.57. The molecular weight excluding hydrogens is 356 g/mol. The molecule has 6 nitrogen and oxygen atoms in total. The maximum absolute atomic E-state index is 11.1. The Bertz CT molecular complexity index is 780. The predicted molar refractivity (Wildman–Crippen MR) is 101 cm³/mol. The molecule has 0 amide bonds. The first-order valence-corrected chi connectivity index (χ1v) is 8.11. The summed E-state index contributed by atoms with van der Waals surface area (Å²) in [7, 11) is 0. The van der Waals surface area contributed by atoms with Crippen molar-refractivity contribution in [3.05, 3.63) is 81.8 Å². The minimum Gasteiger partial charge on any atom is -0.492 e. The van der Waals surface area contributed by atoms with Gasteiger partial charge < -0.3 is 9.47 Å². The second-order valence-electron chi connectivity index (χ2n) is 5.98.